The first-order chi connectivity index (χ1) is 12.6. The second kappa shape index (κ2) is 6.80. The predicted octanol–water partition coefficient (Wildman–Crippen LogP) is 1.79. The van der Waals surface area contributed by atoms with Crippen molar-refractivity contribution in [3.05, 3.63) is 47.5 Å². The molecule has 1 aromatic carbocycles. The normalized spacial score (nSPS) is 17.3. The molecule has 3 aromatic rings. The number of carbonyl (C=O) groups excluding carboxylic acids is 1. The van der Waals surface area contributed by atoms with Gasteiger partial charge in [-0.05, 0) is 51.2 Å². The molecule has 1 atom stereocenters. The zero-order chi connectivity index (χ0) is 18.1. The lowest BCUT2D eigenvalue weighted by molar-refractivity contribution is 0.0729. The van der Waals surface area contributed by atoms with Crippen LogP contribution in [0.5, 0.6) is 0 Å². The van der Waals surface area contributed by atoms with Gasteiger partial charge in [-0.3, -0.25) is 4.79 Å². The number of rotatable bonds is 4. The second-order valence-corrected chi connectivity index (χ2v) is 6.83. The van der Waals surface area contributed by atoms with Crippen molar-refractivity contribution in [2.24, 2.45) is 0 Å². The van der Waals surface area contributed by atoms with E-state index in [1.54, 1.807) is 18.3 Å². The van der Waals surface area contributed by atoms with Crippen LogP contribution in [0.1, 0.15) is 40.8 Å². The van der Waals surface area contributed by atoms with Crippen molar-refractivity contribution in [3.8, 4) is 0 Å². The highest BCUT2D eigenvalue weighted by Gasteiger charge is 2.32. The van der Waals surface area contributed by atoms with Crippen molar-refractivity contribution in [1.82, 2.24) is 35.2 Å². The van der Waals surface area contributed by atoms with Crippen molar-refractivity contribution in [2.45, 2.75) is 25.4 Å². The van der Waals surface area contributed by atoms with Crippen molar-refractivity contribution in [3.63, 3.8) is 0 Å². The molecule has 1 amide bonds. The van der Waals surface area contributed by atoms with E-state index < -0.39 is 0 Å². The number of nitrogens with zero attached hydrogens (tertiary/aromatic N) is 6. The number of carbonyl (C=O) groups is 1. The van der Waals surface area contributed by atoms with Crippen LogP contribution in [0, 0.1) is 0 Å². The van der Waals surface area contributed by atoms with Gasteiger partial charge in [-0.1, -0.05) is 0 Å². The Morgan fingerprint density at radius 3 is 2.96 bits per heavy atom. The lowest BCUT2D eigenvalue weighted by atomic mass is 10.1. The molecule has 8 nitrogen and oxygen atoms in total. The molecule has 0 saturated carbocycles. The van der Waals surface area contributed by atoms with E-state index in [1.165, 1.54) is 0 Å². The molecular weight excluding hydrogens is 330 g/mol. The molecule has 134 valence electrons. The van der Waals surface area contributed by atoms with Gasteiger partial charge in [0.1, 0.15) is 11.0 Å². The average Bonchev–Trinajstić information content (AvgIpc) is 3.29. The summed E-state index contributed by atoms with van der Waals surface area (Å²) in [4.78, 5) is 26.1. The number of aromatic amines is 1. The summed E-state index contributed by atoms with van der Waals surface area (Å²) in [7, 11) is 4.01. The van der Waals surface area contributed by atoms with E-state index in [9.17, 15) is 4.79 Å². The number of amides is 1. The molecule has 8 heteroatoms. The van der Waals surface area contributed by atoms with Crippen molar-refractivity contribution in [2.75, 3.05) is 20.6 Å². The summed E-state index contributed by atoms with van der Waals surface area (Å²) >= 11 is 0. The quantitative estimate of drug-likeness (QED) is 0.770. The fraction of sp³-hybridized carbons (Fsp3) is 0.389. The number of nitrogens with one attached hydrogen (secondary N) is 1. The topological polar surface area (TPSA) is 90.9 Å². The van der Waals surface area contributed by atoms with Crippen LogP contribution < -0.4 is 0 Å². The molecular formula is C18H21N7O. The molecule has 1 N–H and O–H groups in total. The monoisotopic (exact) mass is 351 g/mol. The Labute approximate surface area is 151 Å². The Morgan fingerprint density at radius 2 is 2.12 bits per heavy atom. The van der Waals surface area contributed by atoms with Crippen LogP contribution in [0.15, 0.2) is 30.5 Å². The summed E-state index contributed by atoms with van der Waals surface area (Å²) in [5.74, 6) is 0.705. The van der Waals surface area contributed by atoms with E-state index in [0.717, 1.165) is 36.4 Å². The Morgan fingerprint density at radius 1 is 1.27 bits per heavy atom. The third-order valence-corrected chi connectivity index (χ3v) is 4.59. The van der Waals surface area contributed by atoms with Gasteiger partial charge in [0.15, 0.2) is 5.82 Å². The maximum absolute atomic E-state index is 13.1. The van der Waals surface area contributed by atoms with E-state index in [-0.39, 0.29) is 11.9 Å². The Hall–Kier alpha value is -2.87. The minimum Gasteiger partial charge on any atom is -0.328 e. The lowest BCUT2D eigenvalue weighted by Gasteiger charge is -2.24. The molecule has 3 heterocycles. The van der Waals surface area contributed by atoms with E-state index in [4.69, 9.17) is 0 Å². The van der Waals surface area contributed by atoms with Crippen LogP contribution in [0.4, 0.5) is 0 Å². The van der Waals surface area contributed by atoms with Crippen molar-refractivity contribution < 1.29 is 4.79 Å². The van der Waals surface area contributed by atoms with Gasteiger partial charge < -0.3 is 9.80 Å². The lowest BCUT2D eigenvalue weighted by Crippen LogP contribution is -2.31. The summed E-state index contributed by atoms with van der Waals surface area (Å²) in [6.45, 7) is 1.46. The highest BCUT2D eigenvalue weighted by molar-refractivity contribution is 5.97. The molecule has 1 aliphatic rings. The van der Waals surface area contributed by atoms with Crippen LogP contribution in [0.2, 0.25) is 0 Å². The van der Waals surface area contributed by atoms with E-state index >= 15 is 0 Å². The highest BCUT2D eigenvalue weighted by atomic mass is 16.2. The van der Waals surface area contributed by atoms with E-state index in [0.29, 0.717) is 17.6 Å². The number of fused-ring (bicyclic) bond motifs is 1. The maximum Gasteiger partial charge on any atom is 0.254 e. The van der Waals surface area contributed by atoms with Crippen LogP contribution in [0.25, 0.3) is 11.0 Å². The maximum atomic E-state index is 13.1. The second-order valence-electron chi connectivity index (χ2n) is 6.83. The summed E-state index contributed by atoms with van der Waals surface area (Å²) < 4.78 is 0. The number of H-pyrrole nitrogens is 1. The number of likely N-dealkylation sites (tertiary alicyclic amines) is 1. The van der Waals surface area contributed by atoms with Gasteiger partial charge in [0.05, 0.1) is 11.7 Å². The van der Waals surface area contributed by atoms with Gasteiger partial charge in [0.25, 0.3) is 5.91 Å². The summed E-state index contributed by atoms with van der Waals surface area (Å²) in [6.07, 6.45) is 3.61. The number of aromatic nitrogens is 5. The summed E-state index contributed by atoms with van der Waals surface area (Å²) in [6, 6.07) is 7.22. The largest absolute Gasteiger partial charge is 0.328 e. The number of hydrogen-bond donors (Lipinski definition) is 1. The van der Waals surface area contributed by atoms with Crippen molar-refractivity contribution >= 4 is 16.9 Å². The minimum absolute atomic E-state index is 0.0148. The smallest absolute Gasteiger partial charge is 0.254 e. The number of hydrogen-bond acceptors (Lipinski definition) is 6. The predicted molar refractivity (Wildman–Crippen MR) is 96.3 cm³/mol. The molecule has 0 radical (unpaired) electrons. The third kappa shape index (κ3) is 3.15. The molecule has 4 rings (SSSR count). The first kappa shape index (κ1) is 16.6. The molecule has 0 unspecified atom stereocenters. The van der Waals surface area contributed by atoms with Gasteiger partial charge in [-0.2, -0.15) is 15.4 Å². The summed E-state index contributed by atoms with van der Waals surface area (Å²) in [5, 5.41) is 10.7. The molecule has 1 aliphatic heterocycles. The van der Waals surface area contributed by atoms with Gasteiger partial charge in [0, 0.05) is 24.8 Å². The Balaban J connectivity index is 1.60. The van der Waals surface area contributed by atoms with Gasteiger partial charge in [-0.15, -0.1) is 0 Å². The first-order valence-corrected chi connectivity index (χ1v) is 8.70. The first-order valence-electron chi connectivity index (χ1n) is 8.70. The molecule has 1 fully saturated rings. The SMILES string of the molecule is CN(C)Cc1ccnc([C@@H]2CCCN2C(=O)c2ccc3n[nH]nc3c2)n1. The van der Waals surface area contributed by atoms with Gasteiger partial charge in [0.2, 0.25) is 0 Å². The third-order valence-electron chi connectivity index (χ3n) is 4.59. The summed E-state index contributed by atoms with van der Waals surface area (Å²) in [5.41, 5.74) is 3.01. The van der Waals surface area contributed by atoms with Crippen LogP contribution >= 0.6 is 0 Å². The Bertz CT molecular complexity index is 936. The zero-order valence-corrected chi connectivity index (χ0v) is 14.9. The van der Waals surface area contributed by atoms with Gasteiger partial charge in [-0.25, -0.2) is 9.97 Å². The molecule has 2 aromatic heterocycles. The molecule has 0 spiro atoms. The molecule has 0 bridgehead atoms. The van der Waals surface area contributed by atoms with E-state index in [2.05, 4.69) is 30.3 Å². The van der Waals surface area contributed by atoms with E-state index in [1.807, 2.05) is 31.1 Å². The Kier molecular flexibility index (Phi) is 4.34. The van der Waals surface area contributed by atoms with Crippen LogP contribution in [-0.2, 0) is 6.54 Å². The molecule has 0 aliphatic carbocycles. The zero-order valence-electron chi connectivity index (χ0n) is 14.9. The molecule has 1 saturated heterocycles. The fourth-order valence-electron chi connectivity index (χ4n) is 3.40. The average molecular weight is 351 g/mol. The fourth-order valence-corrected chi connectivity index (χ4v) is 3.40. The van der Waals surface area contributed by atoms with Crippen LogP contribution in [0.3, 0.4) is 0 Å². The van der Waals surface area contributed by atoms with Crippen molar-refractivity contribution in [1.29, 1.82) is 0 Å². The molecule has 26 heavy (non-hydrogen) atoms. The highest BCUT2D eigenvalue weighted by Crippen LogP contribution is 2.31. The standard InChI is InChI=1S/C18H21N7O/c1-24(2)11-13-7-8-19-17(20-13)16-4-3-9-25(16)18(26)12-5-6-14-15(10-12)22-23-21-14/h5-8,10,16H,3-4,9,11H2,1-2H3,(H,21,22,23)/t16-/m0/s1. The number of benzene rings is 1. The van der Waals surface area contributed by atoms with Crippen LogP contribution in [-0.4, -0.2) is 61.7 Å². The van der Waals surface area contributed by atoms with Gasteiger partial charge >= 0.3 is 0 Å². The minimum atomic E-state index is -0.0855.